The number of hydrogen-bond acceptors (Lipinski definition) is 5. The summed E-state index contributed by atoms with van der Waals surface area (Å²) in [7, 11) is 2.00. The molecule has 0 bridgehead atoms. The van der Waals surface area contributed by atoms with Crippen LogP contribution in [0.1, 0.15) is 11.3 Å². The van der Waals surface area contributed by atoms with E-state index in [0.29, 0.717) is 5.69 Å². The fourth-order valence-corrected chi connectivity index (χ4v) is 2.27. The van der Waals surface area contributed by atoms with Crippen molar-refractivity contribution in [2.75, 3.05) is 17.7 Å². The highest BCUT2D eigenvalue weighted by Crippen LogP contribution is 2.25. The van der Waals surface area contributed by atoms with Gasteiger partial charge < -0.3 is 15.1 Å². The van der Waals surface area contributed by atoms with Crippen molar-refractivity contribution in [3.05, 3.63) is 48.2 Å². The standard InChI is InChI=1S/C15H16N4O/c1-10-11(5-6-20-10)8-19(2)15-13-4-3-12(16)7-14(13)17-9-18-15/h3-7,9H,8,16H2,1-2H3. The lowest BCUT2D eigenvalue weighted by Crippen LogP contribution is -2.18. The number of anilines is 2. The molecule has 5 nitrogen and oxygen atoms in total. The third-order valence-corrected chi connectivity index (χ3v) is 3.37. The smallest absolute Gasteiger partial charge is 0.139 e. The number of nitrogens with zero attached hydrogens (tertiary/aromatic N) is 3. The molecule has 0 fully saturated rings. The maximum Gasteiger partial charge on any atom is 0.139 e. The average Bonchev–Trinajstić information content (AvgIpc) is 2.83. The lowest BCUT2D eigenvalue weighted by Gasteiger charge is -2.19. The van der Waals surface area contributed by atoms with Gasteiger partial charge in [0.05, 0.1) is 11.8 Å². The van der Waals surface area contributed by atoms with Gasteiger partial charge in [0.2, 0.25) is 0 Å². The lowest BCUT2D eigenvalue weighted by molar-refractivity contribution is 0.529. The monoisotopic (exact) mass is 268 g/mol. The maximum absolute atomic E-state index is 5.79. The highest BCUT2D eigenvalue weighted by atomic mass is 16.3. The summed E-state index contributed by atoms with van der Waals surface area (Å²) in [6, 6.07) is 7.66. The van der Waals surface area contributed by atoms with E-state index >= 15 is 0 Å². The Hall–Kier alpha value is -2.56. The van der Waals surface area contributed by atoms with E-state index in [1.807, 2.05) is 38.2 Å². The van der Waals surface area contributed by atoms with Crippen molar-refractivity contribution in [2.45, 2.75) is 13.5 Å². The number of benzene rings is 1. The van der Waals surface area contributed by atoms with Crippen LogP contribution in [0.15, 0.2) is 41.3 Å². The molecule has 0 aliphatic rings. The molecule has 3 rings (SSSR count). The first-order valence-corrected chi connectivity index (χ1v) is 6.39. The summed E-state index contributed by atoms with van der Waals surface area (Å²) in [6.45, 7) is 2.70. The summed E-state index contributed by atoms with van der Waals surface area (Å²) in [5, 5.41) is 0.991. The first-order chi connectivity index (χ1) is 9.65. The summed E-state index contributed by atoms with van der Waals surface area (Å²) in [4.78, 5) is 10.7. The number of fused-ring (bicyclic) bond motifs is 1. The van der Waals surface area contributed by atoms with Crippen molar-refractivity contribution in [1.29, 1.82) is 0 Å². The Balaban J connectivity index is 1.99. The minimum absolute atomic E-state index is 0.704. The zero-order valence-electron chi connectivity index (χ0n) is 11.5. The summed E-state index contributed by atoms with van der Waals surface area (Å²) in [5.41, 5.74) is 8.50. The van der Waals surface area contributed by atoms with Gasteiger partial charge in [-0.05, 0) is 31.2 Å². The summed E-state index contributed by atoms with van der Waals surface area (Å²) in [6.07, 6.45) is 3.27. The molecule has 0 spiro atoms. The molecule has 2 N–H and O–H groups in total. The highest BCUT2D eigenvalue weighted by molar-refractivity contribution is 5.91. The number of nitrogen functional groups attached to an aromatic ring is 1. The van der Waals surface area contributed by atoms with Gasteiger partial charge in [-0.15, -0.1) is 0 Å². The van der Waals surface area contributed by atoms with Gasteiger partial charge in [0.25, 0.3) is 0 Å². The summed E-state index contributed by atoms with van der Waals surface area (Å²) in [5.74, 6) is 1.81. The van der Waals surface area contributed by atoms with Crippen molar-refractivity contribution in [3.63, 3.8) is 0 Å². The predicted octanol–water partition coefficient (Wildman–Crippen LogP) is 2.75. The Morgan fingerprint density at radius 3 is 2.85 bits per heavy atom. The van der Waals surface area contributed by atoms with Crippen molar-refractivity contribution in [1.82, 2.24) is 9.97 Å². The fraction of sp³-hybridized carbons (Fsp3) is 0.200. The van der Waals surface area contributed by atoms with Gasteiger partial charge in [-0.2, -0.15) is 0 Å². The quantitative estimate of drug-likeness (QED) is 0.740. The van der Waals surface area contributed by atoms with Crippen LogP contribution in [0.2, 0.25) is 0 Å². The molecule has 1 aromatic carbocycles. The molecule has 0 aliphatic carbocycles. The molecule has 102 valence electrons. The molecular weight excluding hydrogens is 252 g/mol. The number of aromatic nitrogens is 2. The molecule has 0 unspecified atom stereocenters. The van der Waals surface area contributed by atoms with Gasteiger partial charge in [-0.3, -0.25) is 0 Å². The van der Waals surface area contributed by atoms with Gasteiger partial charge in [0.1, 0.15) is 17.9 Å². The molecule has 2 aromatic heterocycles. The Kier molecular flexibility index (Phi) is 3.02. The fourth-order valence-electron chi connectivity index (χ4n) is 2.27. The summed E-state index contributed by atoms with van der Waals surface area (Å²) >= 11 is 0. The molecule has 2 heterocycles. The molecule has 0 aliphatic heterocycles. The number of hydrogen-bond donors (Lipinski definition) is 1. The number of aryl methyl sites for hydroxylation is 1. The second-order valence-corrected chi connectivity index (χ2v) is 4.83. The highest BCUT2D eigenvalue weighted by Gasteiger charge is 2.11. The zero-order chi connectivity index (χ0) is 14.1. The first kappa shape index (κ1) is 12.5. The third-order valence-electron chi connectivity index (χ3n) is 3.37. The second-order valence-electron chi connectivity index (χ2n) is 4.83. The molecule has 0 radical (unpaired) electrons. The molecule has 3 aromatic rings. The van der Waals surface area contributed by atoms with Crippen LogP contribution in [0.3, 0.4) is 0 Å². The molecular formula is C15H16N4O. The van der Waals surface area contributed by atoms with Crippen LogP contribution in [-0.4, -0.2) is 17.0 Å². The largest absolute Gasteiger partial charge is 0.469 e. The van der Waals surface area contributed by atoms with Crippen LogP contribution in [0.25, 0.3) is 10.9 Å². The van der Waals surface area contributed by atoms with Crippen LogP contribution in [0, 0.1) is 6.92 Å². The predicted molar refractivity (Wildman–Crippen MR) is 79.5 cm³/mol. The van der Waals surface area contributed by atoms with Gasteiger partial charge in [0, 0.05) is 30.2 Å². The van der Waals surface area contributed by atoms with E-state index in [4.69, 9.17) is 10.2 Å². The summed E-state index contributed by atoms with van der Waals surface area (Å²) < 4.78 is 5.33. The van der Waals surface area contributed by atoms with Crippen molar-refractivity contribution in [3.8, 4) is 0 Å². The van der Waals surface area contributed by atoms with Gasteiger partial charge in [0.15, 0.2) is 0 Å². The van der Waals surface area contributed by atoms with Crippen molar-refractivity contribution >= 4 is 22.4 Å². The lowest BCUT2D eigenvalue weighted by atomic mass is 10.2. The third kappa shape index (κ3) is 2.18. The van der Waals surface area contributed by atoms with Gasteiger partial charge >= 0.3 is 0 Å². The van der Waals surface area contributed by atoms with E-state index in [1.165, 1.54) is 0 Å². The molecule has 0 saturated carbocycles. The van der Waals surface area contributed by atoms with Crippen LogP contribution < -0.4 is 10.6 Å². The number of furan rings is 1. The number of nitrogens with two attached hydrogens (primary N) is 1. The van der Waals surface area contributed by atoms with Crippen LogP contribution >= 0.6 is 0 Å². The Morgan fingerprint density at radius 2 is 2.10 bits per heavy atom. The topological polar surface area (TPSA) is 68.2 Å². The van der Waals surface area contributed by atoms with E-state index in [1.54, 1.807) is 12.6 Å². The minimum atomic E-state index is 0.704. The Bertz CT molecular complexity index is 750. The van der Waals surface area contributed by atoms with E-state index < -0.39 is 0 Å². The van der Waals surface area contributed by atoms with Crippen molar-refractivity contribution < 1.29 is 4.42 Å². The van der Waals surface area contributed by atoms with E-state index in [-0.39, 0.29) is 0 Å². The van der Waals surface area contributed by atoms with Gasteiger partial charge in [-0.1, -0.05) is 0 Å². The molecule has 20 heavy (non-hydrogen) atoms. The molecule has 5 heteroatoms. The van der Waals surface area contributed by atoms with Crippen LogP contribution in [0.4, 0.5) is 11.5 Å². The molecule has 0 amide bonds. The normalized spacial score (nSPS) is 10.9. The Morgan fingerprint density at radius 1 is 1.25 bits per heavy atom. The number of rotatable bonds is 3. The second kappa shape index (κ2) is 4.85. The van der Waals surface area contributed by atoms with E-state index in [0.717, 1.165) is 34.6 Å². The minimum Gasteiger partial charge on any atom is -0.469 e. The molecule has 0 atom stereocenters. The Labute approximate surface area is 117 Å². The van der Waals surface area contributed by atoms with E-state index in [2.05, 4.69) is 14.9 Å². The van der Waals surface area contributed by atoms with Crippen LogP contribution in [0.5, 0.6) is 0 Å². The van der Waals surface area contributed by atoms with E-state index in [9.17, 15) is 0 Å². The first-order valence-electron chi connectivity index (χ1n) is 6.39. The average molecular weight is 268 g/mol. The SMILES string of the molecule is Cc1occc1CN(C)c1ncnc2cc(N)ccc12. The zero-order valence-corrected chi connectivity index (χ0v) is 11.5. The maximum atomic E-state index is 5.79. The van der Waals surface area contributed by atoms with Gasteiger partial charge in [-0.25, -0.2) is 9.97 Å². The molecule has 0 saturated heterocycles. The van der Waals surface area contributed by atoms with Crippen LogP contribution in [-0.2, 0) is 6.54 Å². The van der Waals surface area contributed by atoms with Crippen molar-refractivity contribution in [2.24, 2.45) is 0 Å².